The molecular formula is C10H9F5O5S2. The van der Waals surface area contributed by atoms with Crippen LogP contribution in [0.1, 0.15) is 0 Å². The monoisotopic (exact) mass is 368 g/mol. The van der Waals surface area contributed by atoms with E-state index in [0.29, 0.717) is 18.4 Å². The summed E-state index contributed by atoms with van der Waals surface area (Å²) in [5, 5.41) is 0. The van der Waals surface area contributed by atoms with Crippen LogP contribution >= 0.6 is 0 Å². The number of sulfone groups is 2. The van der Waals surface area contributed by atoms with E-state index in [1.54, 1.807) is 0 Å². The molecule has 0 saturated carbocycles. The summed E-state index contributed by atoms with van der Waals surface area (Å²) in [4.78, 5) is -0.958. The zero-order chi connectivity index (χ0) is 17.3. The summed E-state index contributed by atoms with van der Waals surface area (Å²) >= 11 is 0. The molecule has 22 heavy (non-hydrogen) atoms. The molecule has 1 rings (SSSR count). The molecule has 12 heteroatoms. The summed E-state index contributed by atoms with van der Waals surface area (Å²) < 4.78 is 111. The average Bonchev–Trinajstić information content (AvgIpc) is 2.31. The summed E-state index contributed by atoms with van der Waals surface area (Å²) in [6.45, 7) is -1.09. The smallest absolute Gasteiger partial charge is 0.489 e. The second kappa shape index (κ2) is 5.99. The fourth-order valence-electron chi connectivity index (χ4n) is 1.29. The van der Waals surface area contributed by atoms with Gasteiger partial charge in [-0.05, 0) is 12.1 Å². The summed E-state index contributed by atoms with van der Waals surface area (Å²) in [5.41, 5.74) is -5.49. The number of hydrogen-bond acceptors (Lipinski definition) is 5. The molecule has 0 heterocycles. The van der Waals surface area contributed by atoms with Gasteiger partial charge in [0.05, 0.1) is 5.75 Å². The SMILES string of the molecule is CS(=O)(=O)c1ccc(OCCS(=O)(=O)C(F)(F)F)c(F)c1F. The van der Waals surface area contributed by atoms with E-state index >= 15 is 0 Å². The third-order valence-corrected chi connectivity index (χ3v) is 4.90. The third-order valence-electron chi connectivity index (χ3n) is 2.37. The fourth-order valence-corrected chi connectivity index (χ4v) is 2.55. The van der Waals surface area contributed by atoms with E-state index in [4.69, 9.17) is 0 Å². The van der Waals surface area contributed by atoms with E-state index in [0.717, 1.165) is 0 Å². The first-order valence-corrected chi connectivity index (χ1v) is 8.91. The van der Waals surface area contributed by atoms with Crippen molar-refractivity contribution >= 4 is 19.7 Å². The highest BCUT2D eigenvalue weighted by Gasteiger charge is 2.45. The molecule has 0 aliphatic carbocycles. The van der Waals surface area contributed by atoms with Gasteiger partial charge in [-0.3, -0.25) is 0 Å². The molecule has 0 amide bonds. The molecule has 0 aliphatic rings. The molecule has 0 aromatic heterocycles. The molecule has 5 nitrogen and oxygen atoms in total. The molecule has 0 saturated heterocycles. The number of ether oxygens (including phenoxy) is 1. The Labute approximate surface area is 122 Å². The van der Waals surface area contributed by atoms with Gasteiger partial charge in [-0.25, -0.2) is 21.2 Å². The van der Waals surface area contributed by atoms with E-state index in [2.05, 4.69) is 4.74 Å². The van der Waals surface area contributed by atoms with Gasteiger partial charge in [-0.2, -0.15) is 17.6 Å². The minimum atomic E-state index is -5.49. The van der Waals surface area contributed by atoms with Crippen molar-refractivity contribution in [2.75, 3.05) is 18.6 Å². The van der Waals surface area contributed by atoms with Gasteiger partial charge in [0, 0.05) is 6.26 Å². The van der Waals surface area contributed by atoms with Crippen molar-refractivity contribution in [1.29, 1.82) is 0 Å². The lowest BCUT2D eigenvalue weighted by Gasteiger charge is -2.11. The summed E-state index contributed by atoms with van der Waals surface area (Å²) in [6, 6.07) is 1.33. The number of benzene rings is 1. The van der Waals surface area contributed by atoms with Gasteiger partial charge < -0.3 is 4.74 Å². The van der Waals surface area contributed by atoms with E-state index in [1.165, 1.54) is 0 Å². The molecule has 0 bridgehead atoms. The summed E-state index contributed by atoms with van der Waals surface area (Å²) in [7, 11) is -9.51. The largest absolute Gasteiger partial charge is 0.497 e. The minimum absolute atomic E-state index is 0.626. The first-order valence-electron chi connectivity index (χ1n) is 5.37. The van der Waals surface area contributed by atoms with Gasteiger partial charge in [0.2, 0.25) is 5.82 Å². The highest BCUT2D eigenvalue weighted by Crippen LogP contribution is 2.27. The average molecular weight is 368 g/mol. The van der Waals surface area contributed by atoms with Crippen LogP contribution in [-0.2, 0) is 19.7 Å². The maximum Gasteiger partial charge on any atom is 0.497 e. The van der Waals surface area contributed by atoms with E-state index in [-0.39, 0.29) is 0 Å². The van der Waals surface area contributed by atoms with Crippen molar-refractivity contribution in [2.45, 2.75) is 10.4 Å². The van der Waals surface area contributed by atoms with E-state index in [1.807, 2.05) is 0 Å². The van der Waals surface area contributed by atoms with Crippen LogP contribution in [-0.4, -0.2) is 41.0 Å². The molecular weight excluding hydrogens is 359 g/mol. The van der Waals surface area contributed by atoms with Crippen LogP contribution in [0.4, 0.5) is 22.0 Å². The Kier molecular flexibility index (Phi) is 5.07. The first kappa shape index (κ1) is 18.6. The highest BCUT2D eigenvalue weighted by atomic mass is 32.2. The molecule has 0 aliphatic heterocycles. The van der Waals surface area contributed by atoms with Gasteiger partial charge in [0.15, 0.2) is 21.4 Å². The van der Waals surface area contributed by atoms with Gasteiger partial charge >= 0.3 is 5.51 Å². The predicted octanol–water partition coefficient (Wildman–Crippen LogP) is 1.68. The Morgan fingerprint density at radius 3 is 2.05 bits per heavy atom. The summed E-state index contributed by atoms with van der Waals surface area (Å²) in [5.74, 6) is -5.90. The Bertz CT molecular complexity index is 768. The van der Waals surface area contributed by atoms with Crippen molar-refractivity contribution < 1.29 is 43.5 Å². The van der Waals surface area contributed by atoms with Crippen molar-refractivity contribution in [3.63, 3.8) is 0 Å². The predicted molar refractivity (Wildman–Crippen MR) is 64.8 cm³/mol. The molecule has 1 aromatic rings. The lowest BCUT2D eigenvalue weighted by Crippen LogP contribution is -2.29. The quantitative estimate of drug-likeness (QED) is 0.739. The summed E-state index contributed by atoms with van der Waals surface area (Å²) in [6.07, 6.45) is 0.626. The molecule has 0 radical (unpaired) electrons. The molecule has 0 unspecified atom stereocenters. The highest BCUT2D eigenvalue weighted by molar-refractivity contribution is 7.92. The van der Waals surface area contributed by atoms with E-state index < -0.39 is 59.8 Å². The minimum Gasteiger partial charge on any atom is -0.489 e. The maximum absolute atomic E-state index is 13.5. The third kappa shape index (κ3) is 4.06. The second-order valence-corrected chi connectivity index (χ2v) is 8.16. The molecule has 0 atom stereocenters. The van der Waals surface area contributed by atoms with Crippen LogP contribution in [0.2, 0.25) is 0 Å². The van der Waals surface area contributed by atoms with Crippen LogP contribution in [0, 0.1) is 11.6 Å². The topological polar surface area (TPSA) is 77.5 Å². The number of halogens is 5. The number of hydrogen-bond donors (Lipinski definition) is 0. The standard InChI is InChI=1S/C10H9F5O5S2/c1-21(16,17)7-3-2-6(8(11)9(7)12)20-4-5-22(18,19)10(13,14)15/h2-3H,4-5H2,1H3. The van der Waals surface area contributed by atoms with Crippen molar-refractivity contribution in [3.8, 4) is 5.75 Å². The van der Waals surface area contributed by atoms with Crippen molar-refractivity contribution in [1.82, 2.24) is 0 Å². The lowest BCUT2D eigenvalue weighted by atomic mass is 10.3. The molecule has 0 N–H and O–H groups in total. The maximum atomic E-state index is 13.5. The van der Waals surface area contributed by atoms with Crippen LogP contribution in [0.5, 0.6) is 5.75 Å². The van der Waals surface area contributed by atoms with Gasteiger partial charge in [0.1, 0.15) is 11.5 Å². The van der Waals surface area contributed by atoms with Gasteiger partial charge in [-0.1, -0.05) is 0 Å². The van der Waals surface area contributed by atoms with Crippen LogP contribution in [0.3, 0.4) is 0 Å². The van der Waals surface area contributed by atoms with Crippen LogP contribution < -0.4 is 4.74 Å². The van der Waals surface area contributed by atoms with Gasteiger partial charge in [0.25, 0.3) is 9.84 Å². The Morgan fingerprint density at radius 2 is 1.59 bits per heavy atom. The fraction of sp³-hybridized carbons (Fsp3) is 0.400. The molecule has 0 fully saturated rings. The number of rotatable bonds is 5. The van der Waals surface area contributed by atoms with Gasteiger partial charge in [-0.15, -0.1) is 0 Å². The second-order valence-electron chi connectivity index (χ2n) is 4.08. The van der Waals surface area contributed by atoms with Crippen molar-refractivity contribution in [3.05, 3.63) is 23.8 Å². The van der Waals surface area contributed by atoms with Crippen LogP contribution in [0.15, 0.2) is 17.0 Å². The molecule has 126 valence electrons. The first-order chi connectivity index (χ1) is 9.77. The zero-order valence-electron chi connectivity index (χ0n) is 10.8. The molecule has 1 aromatic carbocycles. The lowest BCUT2D eigenvalue weighted by molar-refractivity contribution is -0.0437. The van der Waals surface area contributed by atoms with E-state index in [9.17, 15) is 38.8 Å². The normalized spacial score (nSPS) is 13.2. The molecule has 0 spiro atoms. The zero-order valence-corrected chi connectivity index (χ0v) is 12.4. The Morgan fingerprint density at radius 1 is 1.05 bits per heavy atom. The van der Waals surface area contributed by atoms with Crippen LogP contribution in [0.25, 0.3) is 0 Å². The van der Waals surface area contributed by atoms with Crippen molar-refractivity contribution in [2.24, 2.45) is 0 Å². The Hall–Kier alpha value is -1.43. The Balaban J connectivity index is 2.92. The number of alkyl halides is 3.